The maximum Gasteiger partial charge on any atom is 0.416 e. The second kappa shape index (κ2) is 7.92. The van der Waals surface area contributed by atoms with Gasteiger partial charge in [-0.3, -0.25) is 9.36 Å². The molecule has 0 bridgehead atoms. The van der Waals surface area contributed by atoms with Crippen LogP contribution in [0.2, 0.25) is 0 Å². The van der Waals surface area contributed by atoms with Gasteiger partial charge in [-0.05, 0) is 55.3 Å². The fourth-order valence-corrected chi connectivity index (χ4v) is 6.05. The molecule has 0 fully saturated rings. The molecule has 3 heterocycles. The average Bonchev–Trinajstić information content (AvgIpc) is 3.37. The molecule has 0 atom stereocenters. The zero-order valence-electron chi connectivity index (χ0n) is 17.5. The monoisotopic (exact) mass is 571 g/mol. The molecule has 1 aliphatic rings. The second-order valence-corrected chi connectivity index (χ2v) is 10.6. The molecule has 1 aliphatic heterocycles. The molecule has 0 saturated heterocycles. The molecule has 0 aliphatic carbocycles. The van der Waals surface area contributed by atoms with Crippen LogP contribution in [0.1, 0.15) is 17.7 Å². The minimum atomic E-state index is -4.73. The van der Waals surface area contributed by atoms with Gasteiger partial charge in [0, 0.05) is 22.8 Å². The summed E-state index contributed by atoms with van der Waals surface area (Å²) in [7, 11) is -4.73. The number of hydrogen-bond donors (Lipinski definition) is 0. The summed E-state index contributed by atoms with van der Waals surface area (Å²) in [6.45, 7) is 0.302. The minimum absolute atomic E-state index is 0.116. The van der Waals surface area contributed by atoms with Gasteiger partial charge in [0.25, 0.3) is 15.6 Å². The predicted molar refractivity (Wildman–Crippen MR) is 122 cm³/mol. The summed E-state index contributed by atoms with van der Waals surface area (Å²) in [4.78, 5) is 25.7. The van der Waals surface area contributed by atoms with Crippen molar-refractivity contribution in [2.75, 3.05) is 0 Å². The molecular weight excluding hydrogens is 558 g/mol. The summed E-state index contributed by atoms with van der Waals surface area (Å²) < 4.78 is 83.9. The van der Waals surface area contributed by atoms with E-state index in [2.05, 4.69) is 15.9 Å². The van der Waals surface area contributed by atoms with E-state index in [1.165, 1.54) is 16.7 Å². The molecule has 182 valence electrons. The first-order valence-corrected chi connectivity index (χ1v) is 12.4. The van der Waals surface area contributed by atoms with Crippen molar-refractivity contribution in [3.63, 3.8) is 0 Å². The SMILES string of the molecule is O=c1cc2c(c3n1CCC3)n(S(=O)(=O)c1ccc(C(F)(F)F)cc1)c(=O)n2-c1ccc(Br)cc1F. The summed E-state index contributed by atoms with van der Waals surface area (Å²) >= 11 is 3.11. The number of pyridine rings is 1. The van der Waals surface area contributed by atoms with Crippen molar-refractivity contribution in [3.05, 3.63) is 90.9 Å². The zero-order valence-corrected chi connectivity index (χ0v) is 19.9. The molecule has 2 aromatic carbocycles. The first-order valence-electron chi connectivity index (χ1n) is 10.2. The zero-order chi connectivity index (χ0) is 25.3. The molecule has 13 heteroatoms. The number of benzene rings is 2. The maximum atomic E-state index is 14.9. The molecule has 0 unspecified atom stereocenters. The van der Waals surface area contributed by atoms with Gasteiger partial charge in [-0.2, -0.15) is 17.1 Å². The van der Waals surface area contributed by atoms with Gasteiger partial charge in [0.2, 0.25) is 0 Å². The van der Waals surface area contributed by atoms with E-state index in [0.717, 1.165) is 28.8 Å². The lowest BCUT2D eigenvalue weighted by molar-refractivity contribution is -0.137. The highest BCUT2D eigenvalue weighted by Gasteiger charge is 2.33. The number of alkyl halides is 3. The largest absolute Gasteiger partial charge is 0.416 e. The molecule has 7 nitrogen and oxygen atoms in total. The molecular formula is C22H14BrF4N3O4S. The van der Waals surface area contributed by atoms with Crippen LogP contribution in [0, 0.1) is 5.82 Å². The average molecular weight is 572 g/mol. The van der Waals surface area contributed by atoms with Gasteiger partial charge in [0.15, 0.2) is 0 Å². The van der Waals surface area contributed by atoms with Crippen LogP contribution >= 0.6 is 15.9 Å². The Bertz CT molecular complexity index is 1740. The summed E-state index contributed by atoms with van der Waals surface area (Å²) in [5.41, 5.74) is -2.97. The Kier molecular flexibility index (Phi) is 5.33. The molecule has 0 radical (unpaired) electrons. The van der Waals surface area contributed by atoms with Crippen molar-refractivity contribution in [3.8, 4) is 5.69 Å². The molecule has 0 spiro atoms. The molecule has 35 heavy (non-hydrogen) atoms. The fourth-order valence-electron chi connectivity index (χ4n) is 4.30. The summed E-state index contributed by atoms with van der Waals surface area (Å²) in [6.07, 6.45) is -3.89. The van der Waals surface area contributed by atoms with Crippen LogP contribution in [0.5, 0.6) is 0 Å². The lowest BCUT2D eigenvalue weighted by Gasteiger charge is -2.11. The van der Waals surface area contributed by atoms with Crippen LogP contribution in [0.25, 0.3) is 16.7 Å². The fraction of sp³-hybridized carbons (Fsp3) is 0.182. The third kappa shape index (κ3) is 3.64. The molecule has 4 aromatic rings. The highest BCUT2D eigenvalue weighted by molar-refractivity contribution is 9.10. The van der Waals surface area contributed by atoms with Gasteiger partial charge in [-0.1, -0.05) is 15.9 Å². The van der Waals surface area contributed by atoms with Crippen LogP contribution in [0.15, 0.2) is 67.5 Å². The number of nitrogens with zero attached hydrogens (tertiary/aromatic N) is 3. The Morgan fingerprint density at radius 2 is 1.66 bits per heavy atom. The highest BCUT2D eigenvalue weighted by Crippen LogP contribution is 2.32. The van der Waals surface area contributed by atoms with E-state index in [1.54, 1.807) is 0 Å². The van der Waals surface area contributed by atoms with Gasteiger partial charge < -0.3 is 4.57 Å². The first kappa shape index (κ1) is 23.5. The standard InChI is InChI=1S/C22H14BrF4N3O4S/c23-13-5-8-16(15(24)10-13)29-18-11-19(31)28-9-1-2-17(28)20(18)30(21(29)32)35(33,34)14-6-3-12(4-7-14)22(25,26)27/h3-8,10-11H,1-2,9H2. The number of imidazole rings is 1. The Morgan fingerprint density at radius 1 is 0.971 bits per heavy atom. The van der Waals surface area contributed by atoms with E-state index in [-0.39, 0.29) is 28.8 Å². The second-order valence-electron chi connectivity index (χ2n) is 7.92. The lowest BCUT2D eigenvalue weighted by atomic mass is 10.2. The first-order chi connectivity index (χ1) is 16.4. The Balaban J connectivity index is 1.87. The van der Waals surface area contributed by atoms with E-state index in [9.17, 15) is 35.6 Å². The van der Waals surface area contributed by atoms with Gasteiger partial charge in [0.1, 0.15) is 11.3 Å². The molecule has 2 aromatic heterocycles. The smallest absolute Gasteiger partial charge is 0.310 e. The van der Waals surface area contributed by atoms with Crippen molar-refractivity contribution in [2.24, 2.45) is 0 Å². The Labute approximate surface area is 203 Å². The van der Waals surface area contributed by atoms with E-state index in [1.807, 2.05) is 0 Å². The van der Waals surface area contributed by atoms with Crippen LogP contribution in [-0.2, 0) is 29.2 Å². The minimum Gasteiger partial charge on any atom is -0.310 e. The van der Waals surface area contributed by atoms with Crippen LogP contribution in [0.3, 0.4) is 0 Å². The normalized spacial score (nSPS) is 14.0. The van der Waals surface area contributed by atoms with Crippen molar-refractivity contribution in [2.45, 2.75) is 30.5 Å². The van der Waals surface area contributed by atoms with Crippen molar-refractivity contribution >= 4 is 37.0 Å². The summed E-state index contributed by atoms with van der Waals surface area (Å²) in [5.74, 6) is -0.854. The van der Waals surface area contributed by atoms with Crippen molar-refractivity contribution in [1.29, 1.82) is 0 Å². The van der Waals surface area contributed by atoms with Crippen LogP contribution in [-0.4, -0.2) is 21.5 Å². The quantitative estimate of drug-likeness (QED) is 0.347. The van der Waals surface area contributed by atoms with Gasteiger partial charge >= 0.3 is 11.9 Å². The number of halogens is 5. The number of aryl methyl sites for hydroxylation is 1. The van der Waals surface area contributed by atoms with E-state index in [0.29, 0.717) is 33.5 Å². The molecule has 0 saturated carbocycles. The van der Waals surface area contributed by atoms with Gasteiger partial charge in [-0.25, -0.2) is 17.6 Å². The maximum absolute atomic E-state index is 14.9. The van der Waals surface area contributed by atoms with Crippen molar-refractivity contribution < 1.29 is 26.0 Å². The van der Waals surface area contributed by atoms with E-state index in [4.69, 9.17) is 0 Å². The van der Waals surface area contributed by atoms with Gasteiger partial charge in [0.05, 0.1) is 21.7 Å². The van der Waals surface area contributed by atoms with E-state index < -0.39 is 43.7 Å². The molecule has 0 N–H and O–H groups in total. The Morgan fingerprint density at radius 3 is 2.29 bits per heavy atom. The van der Waals surface area contributed by atoms with Gasteiger partial charge in [-0.15, -0.1) is 0 Å². The number of rotatable bonds is 3. The third-order valence-corrected chi connectivity index (χ3v) is 8.02. The van der Waals surface area contributed by atoms with E-state index >= 15 is 0 Å². The molecule has 0 amide bonds. The molecule has 5 rings (SSSR count). The van der Waals surface area contributed by atoms with Crippen molar-refractivity contribution in [1.82, 2.24) is 13.1 Å². The highest BCUT2D eigenvalue weighted by atomic mass is 79.9. The Hall–Kier alpha value is -3.19. The third-order valence-electron chi connectivity index (χ3n) is 5.84. The summed E-state index contributed by atoms with van der Waals surface area (Å²) in [5, 5.41) is 0. The predicted octanol–water partition coefficient (Wildman–Crippen LogP) is 4.06. The lowest BCUT2D eigenvalue weighted by Crippen LogP contribution is -2.29. The number of hydrogen-bond acceptors (Lipinski definition) is 4. The van der Waals surface area contributed by atoms with Crippen LogP contribution in [0.4, 0.5) is 17.6 Å². The van der Waals surface area contributed by atoms with Crippen LogP contribution < -0.4 is 11.2 Å². The summed E-state index contributed by atoms with van der Waals surface area (Å²) in [6, 6.07) is 7.54. The number of aromatic nitrogens is 3. The number of fused-ring (bicyclic) bond motifs is 3. The topological polar surface area (TPSA) is 83.1 Å².